The second-order valence-electron chi connectivity index (χ2n) is 5.95. The predicted molar refractivity (Wildman–Crippen MR) is 95.0 cm³/mol. The number of aryl methyl sites for hydroxylation is 1. The van der Waals surface area contributed by atoms with E-state index in [-0.39, 0.29) is 12.5 Å². The molecular formula is C20H21NO4. The van der Waals surface area contributed by atoms with Crippen molar-refractivity contribution in [3.8, 4) is 5.75 Å². The molecule has 0 spiro atoms. The molecule has 0 unspecified atom stereocenters. The Labute approximate surface area is 147 Å². The van der Waals surface area contributed by atoms with E-state index in [2.05, 4.69) is 0 Å². The number of nitrogens with zero attached hydrogens (tertiary/aromatic N) is 1. The Morgan fingerprint density at radius 3 is 2.52 bits per heavy atom. The lowest BCUT2D eigenvalue weighted by Gasteiger charge is -2.15. The summed E-state index contributed by atoms with van der Waals surface area (Å²) in [6.45, 7) is 3.18. The van der Waals surface area contributed by atoms with Crippen LogP contribution < -0.4 is 9.64 Å². The summed E-state index contributed by atoms with van der Waals surface area (Å²) < 4.78 is 10.8. The van der Waals surface area contributed by atoms with Crippen LogP contribution in [0.25, 0.3) is 0 Å². The van der Waals surface area contributed by atoms with Crippen molar-refractivity contribution < 1.29 is 19.1 Å². The molecule has 1 aliphatic heterocycles. The number of rotatable bonds is 6. The second-order valence-corrected chi connectivity index (χ2v) is 5.95. The lowest BCUT2D eigenvalue weighted by Crippen LogP contribution is -2.23. The van der Waals surface area contributed by atoms with Gasteiger partial charge in [-0.1, -0.05) is 18.2 Å². The summed E-state index contributed by atoms with van der Waals surface area (Å²) in [5.41, 5.74) is 2.33. The Morgan fingerprint density at radius 2 is 1.84 bits per heavy atom. The van der Waals surface area contributed by atoms with E-state index in [1.165, 1.54) is 0 Å². The highest BCUT2D eigenvalue weighted by Gasteiger charge is 2.21. The van der Waals surface area contributed by atoms with E-state index in [1.807, 2.05) is 31.2 Å². The number of hydrogen-bond donors (Lipinski definition) is 0. The molecular weight excluding hydrogens is 318 g/mol. The number of para-hydroxylation sites is 1. The fourth-order valence-electron chi connectivity index (χ4n) is 2.79. The van der Waals surface area contributed by atoms with E-state index in [9.17, 15) is 9.59 Å². The highest BCUT2D eigenvalue weighted by molar-refractivity contribution is 5.96. The zero-order chi connectivity index (χ0) is 17.6. The summed E-state index contributed by atoms with van der Waals surface area (Å²) in [5, 5.41) is 0. The molecule has 0 aliphatic carbocycles. The normalized spacial score (nSPS) is 13.8. The predicted octanol–water partition coefficient (Wildman–Crippen LogP) is 3.36. The summed E-state index contributed by atoms with van der Waals surface area (Å²) in [5.74, 6) is 0.523. The third-order valence-electron chi connectivity index (χ3n) is 4.16. The number of hydrogen-bond acceptors (Lipinski definition) is 4. The van der Waals surface area contributed by atoms with Crippen LogP contribution in [0.15, 0.2) is 48.5 Å². The fraction of sp³-hybridized carbons (Fsp3) is 0.300. The molecule has 5 heteroatoms. The van der Waals surface area contributed by atoms with Gasteiger partial charge in [-0.05, 0) is 49.2 Å². The van der Waals surface area contributed by atoms with Gasteiger partial charge >= 0.3 is 5.97 Å². The molecule has 1 fully saturated rings. The number of esters is 1. The largest absolute Gasteiger partial charge is 0.490 e. The van der Waals surface area contributed by atoms with Gasteiger partial charge < -0.3 is 14.4 Å². The minimum absolute atomic E-state index is 0.128. The van der Waals surface area contributed by atoms with E-state index < -0.39 is 5.97 Å². The van der Waals surface area contributed by atoms with Gasteiger partial charge in [-0.3, -0.25) is 4.79 Å². The Kier molecular flexibility index (Phi) is 5.33. The van der Waals surface area contributed by atoms with Crippen LogP contribution in [0.2, 0.25) is 0 Å². The van der Waals surface area contributed by atoms with Crippen LogP contribution in [-0.2, 0) is 9.53 Å². The average Bonchev–Trinajstić information content (AvgIpc) is 3.06. The molecule has 2 aromatic rings. The molecule has 0 atom stereocenters. The standard InChI is InChI=1S/C20H21NO4/c1-15-5-2-3-6-18(15)24-13-14-25-20(23)16-8-10-17(11-9-16)21-12-4-7-19(21)22/h2-3,5-6,8-11H,4,7,12-14H2,1H3. The van der Waals surface area contributed by atoms with Crippen LogP contribution in [0.5, 0.6) is 5.75 Å². The van der Waals surface area contributed by atoms with Crippen LogP contribution in [0, 0.1) is 6.92 Å². The van der Waals surface area contributed by atoms with Gasteiger partial charge in [0.15, 0.2) is 0 Å². The maximum Gasteiger partial charge on any atom is 0.338 e. The number of ether oxygens (including phenoxy) is 2. The minimum atomic E-state index is -0.396. The van der Waals surface area contributed by atoms with Crippen LogP contribution in [0.4, 0.5) is 5.69 Å². The molecule has 1 saturated heterocycles. The Balaban J connectivity index is 1.48. The van der Waals surface area contributed by atoms with E-state index in [1.54, 1.807) is 29.2 Å². The van der Waals surface area contributed by atoms with Crippen LogP contribution in [0.1, 0.15) is 28.8 Å². The van der Waals surface area contributed by atoms with E-state index in [4.69, 9.17) is 9.47 Å². The van der Waals surface area contributed by atoms with E-state index in [0.717, 1.165) is 30.0 Å². The SMILES string of the molecule is Cc1ccccc1OCCOC(=O)c1ccc(N2CCCC2=O)cc1. The van der Waals surface area contributed by atoms with Crippen molar-refractivity contribution >= 4 is 17.6 Å². The number of carbonyl (C=O) groups is 2. The van der Waals surface area contributed by atoms with Crippen molar-refractivity contribution in [2.24, 2.45) is 0 Å². The van der Waals surface area contributed by atoms with Gasteiger partial charge in [0.05, 0.1) is 5.56 Å². The van der Waals surface area contributed by atoms with Gasteiger partial charge in [0.1, 0.15) is 19.0 Å². The minimum Gasteiger partial charge on any atom is -0.490 e. The van der Waals surface area contributed by atoms with Crippen molar-refractivity contribution in [3.63, 3.8) is 0 Å². The molecule has 0 saturated carbocycles. The van der Waals surface area contributed by atoms with Crippen molar-refractivity contribution in [3.05, 3.63) is 59.7 Å². The number of anilines is 1. The van der Waals surface area contributed by atoms with Gasteiger partial charge in [0.25, 0.3) is 0 Å². The molecule has 25 heavy (non-hydrogen) atoms. The van der Waals surface area contributed by atoms with Crippen molar-refractivity contribution in [1.29, 1.82) is 0 Å². The number of amides is 1. The molecule has 1 amide bonds. The number of carbonyl (C=O) groups excluding carboxylic acids is 2. The number of benzene rings is 2. The highest BCUT2D eigenvalue weighted by atomic mass is 16.6. The highest BCUT2D eigenvalue weighted by Crippen LogP contribution is 2.22. The van der Waals surface area contributed by atoms with Gasteiger partial charge in [0.2, 0.25) is 5.91 Å². The van der Waals surface area contributed by atoms with Crippen LogP contribution in [-0.4, -0.2) is 31.6 Å². The van der Waals surface area contributed by atoms with Gasteiger partial charge in [0, 0.05) is 18.7 Å². The lowest BCUT2D eigenvalue weighted by atomic mass is 10.2. The monoisotopic (exact) mass is 339 g/mol. The quantitative estimate of drug-likeness (QED) is 0.598. The molecule has 0 aromatic heterocycles. The first-order valence-corrected chi connectivity index (χ1v) is 8.41. The van der Waals surface area contributed by atoms with Gasteiger partial charge in [-0.2, -0.15) is 0 Å². The third-order valence-corrected chi connectivity index (χ3v) is 4.16. The fourth-order valence-corrected chi connectivity index (χ4v) is 2.79. The van der Waals surface area contributed by atoms with Crippen LogP contribution in [0.3, 0.4) is 0 Å². The van der Waals surface area contributed by atoms with E-state index in [0.29, 0.717) is 18.6 Å². The maximum absolute atomic E-state index is 12.1. The first-order valence-electron chi connectivity index (χ1n) is 8.41. The van der Waals surface area contributed by atoms with Gasteiger partial charge in [-0.15, -0.1) is 0 Å². The van der Waals surface area contributed by atoms with Gasteiger partial charge in [-0.25, -0.2) is 4.79 Å². The summed E-state index contributed by atoms with van der Waals surface area (Å²) in [6.07, 6.45) is 1.47. The molecule has 1 heterocycles. The topological polar surface area (TPSA) is 55.8 Å². The summed E-state index contributed by atoms with van der Waals surface area (Å²) in [6, 6.07) is 14.6. The third kappa shape index (κ3) is 4.18. The molecule has 0 radical (unpaired) electrons. The lowest BCUT2D eigenvalue weighted by molar-refractivity contribution is -0.117. The smallest absolute Gasteiger partial charge is 0.338 e. The zero-order valence-corrected chi connectivity index (χ0v) is 14.2. The van der Waals surface area contributed by atoms with Crippen molar-refractivity contribution in [2.75, 3.05) is 24.7 Å². The first-order chi connectivity index (χ1) is 12.1. The Morgan fingerprint density at radius 1 is 1.08 bits per heavy atom. The summed E-state index contributed by atoms with van der Waals surface area (Å²) in [4.78, 5) is 25.5. The molecule has 1 aliphatic rings. The average molecular weight is 339 g/mol. The molecule has 3 rings (SSSR count). The van der Waals surface area contributed by atoms with Crippen LogP contribution >= 0.6 is 0 Å². The second kappa shape index (κ2) is 7.83. The summed E-state index contributed by atoms with van der Waals surface area (Å²) >= 11 is 0. The summed E-state index contributed by atoms with van der Waals surface area (Å²) in [7, 11) is 0. The van der Waals surface area contributed by atoms with Crippen molar-refractivity contribution in [1.82, 2.24) is 0 Å². The molecule has 0 N–H and O–H groups in total. The molecule has 0 bridgehead atoms. The molecule has 5 nitrogen and oxygen atoms in total. The molecule has 2 aromatic carbocycles. The maximum atomic E-state index is 12.1. The molecule has 130 valence electrons. The Bertz CT molecular complexity index is 755. The Hall–Kier alpha value is -2.82. The zero-order valence-electron chi connectivity index (χ0n) is 14.2. The van der Waals surface area contributed by atoms with E-state index >= 15 is 0 Å². The van der Waals surface area contributed by atoms with Crippen molar-refractivity contribution in [2.45, 2.75) is 19.8 Å². The first kappa shape index (κ1) is 17.0.